The highest BCUT2D eigenvalue weighted by molar-refractivity contribution is 5.34. The lowest BCUT2D eigenvalue weighted by Gasteiger charge is -2.08. The van der Waals surface area contributed by atoms with Crippen molar-refractivity contribution in [1.82, 2.24) is 15.5 Å². The van der Waals surface area contributed by atoms with Crippen LogP contribution in [0.4, 0.5) is 0 Å². The third-order valence-electron chi connectivity index (χ3n) is 3.37. The maximum absolute atomic E-state index is 5.82. The standard InChI is InChI=1S/C15H21N3O/c1-10-5-6-13(7-11(10)2)19-9-15-14(8-16-4)12(3)17-18-15/h5-7,16H,8-9H2,1-4H3,(H,17,18). The molecule has 0 spiro atoms. The number of aromatic amines is 1. The first-order valence-electron chi connectivity index (χ1n) is 6.49. The van der Waals surface area contributed by atoms with Gasteiger partial charge in [0.1, 0.15) is 18.1 Å². The van der Waals surface area contributed by atoms with E-state index in [4.69, 9.17) is 4.74 Å². The molecule has 2 N–H and O–H groups in total. The van der Waals surface area contributed by atoms with Crippen molar-refractivity contribution < 1.29 is 4.74 Å². The third-order valence-corrected chi connectivity index (χ3v) is 3.37. The Morgan fingerprint density at radius 2 is 2.00 bits per heavy atom. The van der Waals surface area contributed by atoms with Crippen LogP contribution in [0, 0.1) is 20.8 Å². The van der Waals surface area contributed by atoms with E-state index in [1.165, 1.54) is 16.7 Å². The Bertz CT molecular complexity index is 561. The van der Waals surface area contributed by atoms with E-state index in [2.05, 4.69) is 41.5 Å². The molecule has 2 rings (SSSR count). The number of aryl methyl sites for hydroxylation is 3. The summed E-state index contributed by atoms with van der Waals surface area (Å²) in [4.78, 5) is 0. The molecular weight excluding hydrogens is 238 g/mol. The highest BCUT2D eigenvalue weighted by Gasteiger charge is 2.10. The highest BCUT2D eigenvalue weighted by Crippen LogP contribution is 2.19. The predicted molar refractivity (Wildman–Crippen MR) is 76.3 cm³/mol. The summed E-state index contributed by atoms with van der Waals surface area (Å²) in [6.45, 7) is 7.51. The number of rotatable bonds is 5. The SMILES string of the molecule is CNCc1c(COc2ccc(C)c(C)c2)n[nH]c1C. The zero-order valence-corrected chi connectivity index (χ0v) is 12.0. The van der Waals surface area contributed by atoms with E-state index in [0.29, 0.717) is 6.61 Å². The van der Waals surface area contributed by atoms with Crippen LogP contribution in [0.25, 0.3) is 0 Å². The van der Waals surface area contributed by atoms with Crippen molar-refractivity contribution in [3.8, 4) is 5.75 Å². The number of benzene rings is 1. The van der Waals surface area contributed by atoms with Gasteiger partial charge in [-0.1, -0.05) is 6.07 Å². The number of H-pyrrole nitrogens is 1. The summed E-state index contributed by atoms with van der Waals surface area (Å²) in [6, 6.07) is 6.14. The van der Waals surface area contributed by atoms with Gasteiger partial charge in [0.2, 0.25) is 0 Å². The van der Waals surface area contributed by atoms with Gasteiger partial charge in [-0.3, -0.25) is 5.10 Å². The van der Waals surface area contributed by atoms with Crippen molar-refractivity contribution in [3.63, 3.8) is 0 Å². The van der Waals surface area contributed by atoms with E-state index in [9.17, 15) is 0 Å². The zero-order chi connectivity index (χ0) is 13.8. The van der Waals surface area contributed by atoms with Crippen LogP contribution in [0.15, 0.2) is 18.2 Å². The average Bonchev–Trinajstić information content (AvgIpc) is 2.73. The maximum Gasteiger partial charge on any atom is 0.132 e. The monoisotopic (exact) mass is 259 g/mol. The molecule has 0 fully saturated rings. The van der Waals surface area contributed by atoms with Crippen molar-refractivity contribution in [2.75, 3.05) is 7.05 Å². The third kappa shape index (κ3) is 3.15. The topological polar surface area (TPSA) is 49.9 Å². The minimum absolute atomic E-state index is 0.490. The van der Waals surface area contributed by atoms with E-state index in [-0.39, 0.29) is 0 Å². The van der Waals surface area contributed by atoms with E-state index in [0.717, 1.165) is 23.7 Å². The van der Waals surface area contributed by atoms with Gasteiger partial charge < -0.3 is 10.1 Å². The Balaban J connectivity index is 2.07. The second kappa shape index (κ2) is 5.89. The fourth-order valence-electron chi connectivity index (χ4n) is 1.99. The summed E-state index contributed by atoms with van der Waals surface area (Å²) in [5.74, 6) is 0.888. The molecular formula is C15H21N3O. The highest BCUT2D eigenvalue weighted by atomic mass is 16.5. The van der Waals surface area contributed by atoms with Crippen LogP contribution in [0.2, 0.25) is 0 Å². The van der Waals surface area contributed by atoms with Crippen molar-refractivity contribution in [2.24, 2.45) is 0 Å². The molecule has 0 aliphatic rings. The lowest BCUT2D eigenvalue weighted by molar-refractivity contribution is 0.299. The minimum Gasteiger partial charge on any atom is -0.487 e. The molecule has 4 heteroatoms. The fraction of sp³-hybridized carbons (Fsp3) is 0.400. The molecule has 1 aromatic heterocycles. The smallest absolute Gasteiger partial charge is 0.132 e. The maximum atomic E-state index is 5.82. The number of ether oxygens (including phenoxy) is 1. The minimum atomic E-state index is 0.490. The number of nitrogens with zero attached hydrogens (tertiary/aromatic N) is 1. The molecule has 0 saturated heterocycles. The molecule has 0 bridgehead atoms. The zero-order valence-electron chi connectivity index (χ0n) is 12.0. The van der Waals surface area contributed by atoms with Gasteiger partial charge in [-0.05, 0) is 51.1 Å². The van der Waals surface area contributed by atoms with Gasteiger partial charge in [-0.15, -0.1) is 0 Å². The van der Waals surface area contributed by atoms with Crippen molar-refractivity contribution in [2.45, 2.75) is 33.9 Å². The van der Waals surface area contributed by atoms with Gasteiger partial charge in [0, 0.05) is 17.8 Å². The lowest BCUT2D eigenvalue weighted by Crippen LogP contribution is -2.09. The van der Waals surface area contributed by atoms with Crippen LogP contribution >= 0.6 is 0 Å². The van der Waals surface area contributed by atoms with Gasteiger partial charge >= 0.3 is 0 Å². The summed E-state index contributed by atoms with van der Waals surface area (Å²) in [7, 11) is 1.93. The van der Waals surface area contributed by atoms with Crippen LogP contribution in [0.5, 0.6) is 5.75 Å². The molecule has 0 aliphatic carbocycles. The van der Waals surface area contributed by atoms with E-state index >= 15 is 0 Å². The Kier molecular flexibility index (Phi) is 4.22. The second-order valence-electron chi connectivity index (χ2n) is 4.84. The Morgan fingerprint density at radius 1 is 1.21 bits per heavy atom. The van der Waals surface area contributed by atoms with Gasteiger partial charge in [0.05, 0.1) is 0 Å². The van der Waals surface area contributed by atoms with Crippen molar-refractivity contribution in [1.29, 1.82) is 0 Å². The van der Waals surface area contributed by atoms with Crippen LogP contribution in [-0.2, 0) is 13.2 Å². The van der Waals surface area contributed by atoms with E-state index < -0.39 is 0 Å². The van der Waals surface area contributed by atoms with Crippen molar-refractivity contribution >= 4 is 0 Å². The molecule has 102 valence electrons. The fourth-order valence-corrected chi connectivity index (χ4v) is 1.99. The molecule has 0 radical (unpaired) electrons. The summed E-state index contributed by atoms with van der Waals surface area (Å²) >= 11 is 0. The molecule has 19 heavy (non-hydrogen) atoms. The number of nitrogens with one attached hydrogen (secondary N) is 2. The second-order valence-corrected chi connectivity index (χ2v) is 4.84. The van der Waals surface area contributed by atoms with Gasteiger partial charge in [-0.2, -0.15) is 5.10 Å². The molecule has 4 nitrogen and oxygen atoms in total. The Labute approximate surface area is 114 Å². The van der Waals surface area contributed by atoms with E-state index in [1.807, 2.05) is 20.0 Å². The summed E-state index contributed by atoms with van der Waals surface area (Å²) in [6.07, 6.45) is 0. The summed E-state index contributed by atoms with van der Waals surface area (Å²) in [5.41, 5.74) is 5.76. The number of aromatic nitrogens is 2. The van der Waals surface area contributed by atoms with Crippen molar-refractivity contribution in [3.05, 3.63) is 46.3 Å². The lowest BCUT2D eigenvalue weighted by atomic mass is 10.1. The number of hydrogen-bond acceptors (Lipinski definition) is 3. The van der Waals surface area contributed by atoms with Gasteiger partial charge in [0.25, 0.3) is 0 Å². The van der Waals surface area contributed by atoms with Gasteiger partial charge in [-0.25, -0.2) is 0 Å². The largest absolute Gasteiger partial charge is 0.487 e. The van der Waals surface area contributed by atoms with Crippen LogP contribution in [0.3, 0.4) is 0 Å². The molecule has 0 aliphatic heterocycles. The van der Waals surface area contributed by atoms with Gasteiger partial charge in [0.15, 0.2) is 0 Å². The molecule has 1 aromatic carbocycles. The quantitative estimate of drug-likeness (QED) is 0.868. The molecule has 0 unspecified atom stereocenters. The Hall–Kier alpha value is -1.81. The Morgan fingerprint density at radius 3 is 2.68 bits per heavy atom. The summed E-state index contributed by atoms with van der Waals surface area (Å²) in [5, 5.41) is 10.5. The molecule has 0 atom stereocenters. The first-order chi connectivity index (χ1) is 9.11. The first-order valence-corrected chi connectivity index (χ1v) is 6.49. The van der Waals surface area contributed by atoms with Crippen LogP contribution in [0.1, 0.15) is 28.1 Å². The van der Waals surface area contributed by atoms with E-state index in [1.54, 1.807) is 0 Å². The summed E-state index contributed by atoms with van der Waals surface area (Å²) < 4.78 is 5.82. The molecule has 0 amide bonds. The molecule has 2 aromatic rings. The average molecular weight is 259 g/mol. The van der Waals surface area contributed by atoms with Crippen LogP contribution < -0.4 is 10.1 Å². The first kappa shape index (κ1) is 13.6. The predicted octanol–water partition coefficient (Wildman–Crippen LogP) is 2.63. The molecule has 0 saturated carbocycles. The normalized spacial score (nSPS) is 10.7. The number of hydrogen-bond donors (Lipinski definition) is 2. The molecule has 1 heterocycles. The van der Waals surface area contributed by atoms with Crippen LogP contribution in [-0.4, -0.2) is 17.2 Å².